The summed E-state index contributed by atoms with van der Waals surface area (Å²) in [5.41, 5.74) is 11.6. The molecule has 2 aromatic carbocycles. The molecule has 0 aromatic heterocycles. The average Bonchev–Trinajstić information content (AvgIpc) is 2.54. The molecule has 1 amide bonds. The number of hydrogen-bond acceptors (Lipinski definition) is 1. The van der Waals surface area contributed by atoms with Crippen molar-refractivity contribution in [3.63, 3.8) is 0 Å². The Hall–Kier alpha value is -3.09. The molecule has 0 aliphatic heterocycles. The quantitative estimate of drug-likeness (QED) is 0.648. The van der Waals surface area contributed by atoms with Gasteiger partial charge in [-0.05, 0) is 41.8 Å². The fourth-order valence-electron chi connectivity index (χ4n) is 2.84. The molecule has 0 unspecified atom stereocenters. The van der Waals surface area contributed by atoms with Crippen LogP contribution in [0.5, 0.6) is 0 Å². The predicted molar refractivity (Wildman–Crippen MR) is 88.4 cm³/mol. The second-order valence-corrected chi connectivity index (χ2v) is 5.62. The maximum atomic E-state index is 14.5. The summed E-state index contributed by atoms with van der Waals surface area (Å²) in [6.07, 6.45) is 0.505. The summed E-state index contributed by atoms with van der Waals surface area (Å²) in [5.74, 6) is -3.24. The second kappa shape index (κ2) is 6.43. The number of carbonyl (C=O) groups is 1. The van der Waals surface area contributed by atoms with Crippen molar-refractivity contribution >= 4 is 17.4 Å². The third-order valence-electron chi connectivity index (χ3n) is 3.94. The molecule has 2 aromatic rings. The zero-order valence-corrected chi connectivity index (χ0v) is 13.0. The van der Waals surface area contributed by atoms with E-state index in [1.807, 2.05) is 0 Å². The maximum absolute atomic E-state index is 14.5. The number of hydrogen-bond donors (Lipinski definition) is 2. The van der Waals surface area contributed by atoms with E-state index >= 15 is 0 Å². The molecule has 4 nitrogen and oxygen atoms in total. The standard InChI is InChI=1S/C18H14F3N3O/c19-11-4-5-12(15(21)8-11)16-13-7-10(17(25)24-18(22)23)2-1-9(13)3-6-14(16)20/h1-2,4-5,7-8H,3,6H2,(H4,22,23,24,25). The molecule has 128 valence electrons. The van der Waals surface area contributed by atoms with Crippen LogP contribution >= 0.6 is 0 Å². The number of carbonyl (C=O) groups excluding carboxylic acids is 1. The molecule has 0 heterocycles. The molecular weight excluding hydrogens is 331 g/mol. The molecule has 1 aliphatic rings. The first-order chi connectivity index (χ1) is 11.9. The van der Waals surface area contributed by atoms with Crippen molar-refractivity contribution in [1.82, 2.24) is 0 Å². The van der Waals surface area contributed by atoms with Gasteiger partial charge in [0.2, 0.25) is 0 Å². The van der Waals surface area contributed by atoms with Crippen LogP contribution in [0.3, 0.4) is 0 Å². The number of nitrogens with zero attached hydrogens (tertiary/aromatic N) is 1. The Labute approximate surface area is 141 Å². The molecule has 4 N–H and O–H groups in total. The Balaban J connectivity index is 2.16. The zero-order valence-electron chi connectivity index (χ0n) is 13.0. The molecule has 0 bridgehead atoms. The van der Waals surface area contributed by atoms with Gasteiger partial charge in [0.1, 0.15) is 17.5 Å². The first kappa shape index (κ1) is 16.8. The number of amides is 1. The number of halogens is 3. The lowest BCUT2D eigenvalue weighted by atomic mass is 9.85. The van der Waals surface area contributed by atoms with Crippen LogP contribution in [0.25, 0.3) is 5.57 Å². The first-order valence-corrected chi connectivity index (χ1v) is 7.48. The van der Waals surface area contributed by atoms with Gasteiger partial charge in [-0.1, -0.05) is 6.07 Å². The number of rotatable bonds is 2. The highest BCUT2D eigenvalue weighted by Crippen LogP contribution is 2.38. The van der Waals surface area contributed by atoms with Gasteiger partial charge in [0, 0.05) is 29.2 Å². The number of nitrogens with two attached hydrogens (primary N) is 2. The van der Waals surface area contributed by atoms with Gasteiger partial charge in [-0.3, -0.25) is 4.79 Å². The van der Waals surface area contributed by atoms with Crippen LogP contribution < -0.4 is 11.5 Å². The lowest BCUT2D eigenvalue weighted by Gasteiger charge is -2.21. The lowest BCUT2D eigenvalue weighted by Crippen LogP contribution is -2.24. The minimum atomic E-state index is -0.876. The van der Waals surface area contributed by atoms with E-state index in [4.69, 9.17) is 11.5 Å². The second-order valence-electron chi connectivity index (χ2n) is 5.62. The number of aliphatic imine (C=N–C) groups is 1. The number of fused-ring (bicyclic) bond motifs is 1. The topological polar surface area (TPSA) is 81.5 Å². The Bertz CT molecular complexity index is 931. The van der Waals surface area contributed by atoms with Crippen LogP contribution in [0.1, 0.15) is 33.5 Å². The summed E-state index contributed by atoms with van der Waals surface area (Å²) in [7, 11) is 0. The van der Waals surface area contributed by atoms with E-state index in [2.05, 4.69) is 4.99 Å². The summed E-state index contributed by atoms with van der Waals surface area (Å²) < 4.78 is 41.8. The fraction of sp³-hybridized carbons (Fsp3) is 0.111. The molecule has 0 saturated carbocycles. The maximum Gasteiger partial charge on any atom is 0.280 e. The summed E-state index contributed by atoms with van der Waals surface area (Å²) in [5, 5.41) is 0. The van der Waals surface area contributed by atoms with Crippen molar-refractivity contribution in [2.24, 2.45) is 16.5 Å². The normalized spacial score (nSPS) is 13.4. The van der Waals surface area contributed by atoms with Crippen molar-refractivity contribution in [1.29, 1.82) is 0 Å². The van der Waals surface area contributed by atoms with E-state index in [0.29, 0.717) is 18.1 Å². The van der Waals surface area contributed by atoms with Crippen LogP contribution in [0.15, 0.2) is 47.2 Å². The largest absolute Gasteiger partial charge is 0.370 e. The van der Waals surface area contributed by atoms with E-state index in [-0.39, 0.29) is 23.1 Å². The molecule has 7 heteroatoms. The van der Waals surface area contributed by atoms with Gasteiger partial charge in [0.25, 0.3) is 5.91 Å². The van der Waals surface area contributed by atoms with Crippen LogP contribution in [0.4, 0.5) is 13.2 Å². The molecule has 0 atom stereocenters. The van der Waals surface area contributed by atoms with E-state index in [1.54, 1.807) is 6.07 Å². The third kappa shape index (κ3) is 3.26. The average molecular weight is 345 g/mol. The van der Waals surface area contributed by atoms with E-state index in [1.165, 1.54) is 18.2 Å². The molecule has 0 fully saturated rings. The van der Waals surface area contributed by atoms with Gasteiger partial charge in [0.15, 0.2) is 5.96 Å². The Kier molecular flexibility index (Phi) is 4.31. The van der Waals surface area contributed by atoms with Crippen LogP contribution in [-0.4, -0.2) is 11.9 Å². The number of aryl methyl sites for hydroxylation is 1. The van der Waals surface area contributed by atoms with E-state index in [9.17, 15) is 18.0 Å². The fourth-order valence-corrected chi connectivity index (χ4v) is 2.84. The van der Waals surface area contributed by atoms with Gasteiger partial charge in [0.05, 0.1) is 0 Å². The van der Waals surface area contributed by atoms with Crippen molar-refractivity contribution < 1.29 is 18.0 Å². The van der Waals surface area contributed by atoms with Crippen molar-refractivity contribution in [2.75, 3.05) is 0 Å². The molecule has 25 heavy (non-hydrogen) atoms. The molecule has 0 radical (unpaired) electrons. The minimum Gasteiger partial charge on any atom is -0.370 e. The summed E-state index contributed by atoms with van der Waals surface area (Å²) in [6, 6.07) is 7.52. The van der Waals surface area contributed by atoms with Gasteiger partial charge in [-0.25, -0.2) is 13.2 Å². The van der Waals surface area contributed by atoms with Crippen LogP contribution in [-0.2, 0) is 6.42 Å². The highest BCUT2D eigenvalue weighted by Gasteiger charge is 2.24. The molecule has 0 spiro atoms. The van der Waals surface area contributed by atoms with Crippen molar-refractivity contribution in [3.05, 3.63) is 76.1 Å². The van der Waals surface area contributed by atoms with E-state index < -0.39 is 29.3 Å². The van der Waals surface area contributed by atoms with Crippen molar-refractivity contribution in [2.45, 2.75) is 12.8 Å². The third-order valence-corrected chi connectivity index (χ3v) is 3.94. The minimum absolute atomic E-state index is 0.0121. The van der Waals surface area contributed by atoms with Gasteiger partial charge in [-0.2, -0.15) is 4.99 Å². The summed E-state index contributed by atoms with van der Waals surface area (Å²) in [6.45, 7) is 0. The zero-order chi connectivity index (χ0) is 18.1. The first-order valence-electron chi connectivity index (χ1n) is 7.48. The Morgan fingerprint density at radius 3 is 2.40 bits per heavy atom. The highest BCUT2D eigenvalue weighted by molar-refractivity contribution is 6.02. The number of benzene rings is 2. The van der Waals surface area contributed by atoms with Gasteiger partial charge < -0.3 is 11.5 Å². The summed E-state index contributed by atoms with van der Waals surface area (Å²) in [4.78, 5) is 15.4. The summed E-state index contributed by atoms with van der Waals surface area (Å²) >= 11 is 0. The molecular formula is C18H14F3N3O. The van der Waals surface area contributed by atoms with E-state index in [0.717, 1.165) is 11.6 Å². The molecule has 1 aliphatic carbocycles. The van der Waals surface area contributed by atoms with Crippen LogP contribution in [0, 0.1) is 11.6 Å². The van der Waals surface area contributed by atoms with Gasteiger partial charge >= 0.3 is 0 Å². The Morgan fingerprint density at radius 2 is 1.72 bits per heavy atom. The SMILES string of the molecule is NC(N)=NC(=O)c1ccc2c(c1)C(c1ccc(F)cc1F)=C(F)CC2. The number of allylic oxidation sites excluding steroid dienone is 1. The molecule has 3 rings (SSSR count). The number of guanidine groups is 1. The smallest absolute Gasteiger partial charge is 0.280 e. The van der Waals surface area contributed by atoms with Crippen LogP contribution in [0.2, 0.25) is 0 Å². The monoisotopic (exact) mass is 345 g/mol. The predicted octanol–water partition coefficient (Wildman–Crippen LogP) is 3.05. The van der Waals surface area contributed by atoms with Gasteiger partial charge in [-0.15, -0.1) is 0 Å². The Morgan fingerprint density at radius 1 is 0.960 bits per heavy atom. The lowest BCUT2D eigenvalue weighted by molar-refractivity contribution is 0.100. The van der Waals surface area contributed by atoms with Crippen molar-refractivity contribution in [3.8, 4) is 0 Å². The highest BCUT2D eigenvalue weighted by atomic mass is 19.1. The molecule has 0 saturated heterocycles.